The van der Waals surface area contributed by atoms with Gasteiger partial charge in [-0.3, -0.25) is 18.6 Å². The van der Waals surface area contributed by atoms with Crippen molar-refractivity contribution in [2.24, 2.45) is 0 Å². The van der Waals surface area contributed by atoms with Crippen molar-refractivity contribution in [2.45, 2.75) is 198 Å². The Balaban J connectivity index is 2.54. The molecule has 1 rings (SSSR count). The predicted molar refractivity (Wildman–Crippen MR) is 232 cm³/mol. The maximum absolute atomic E-state index is 12.8. The zero-order chi connectivity index (χ0) is 44.4. The van der Waals surface area contributed by atoms with Gasteiger partial charge in [0, 0.05) is 12.8 Å². The number of phosphoric acid groups is 1. The van der Waals surface area contributed by atoms with E-state index in [2.05, 4.69) is 49.5 Å². The first-order valence-electron chi connectivity index (χ1n) is 22.2. The van der Waals surface area contributed by atoms with Crippen LogP contribution in [0.1, 0.15) is 149 Å². The van der Waals surface area contributed by atoms with Gasteiger partial charge in [-0.05, 0) is 83.5 Å². The number of hydrogen-bond acceptors (Lipinski definition) is 13. The molecular weight excluding hydrogens is 795 g/mol. The van der Waals surface area contributed by atoms with Gasteiger partial charge in [0.2, 0.25) is 0 Å². The van der Waals surface area contributed by atoms with Crippen LogP contribution in [0, 0.1) is 0 Å². The summed E-state index contributed by atoms with van der Waals surface area (Å²) in [6.07, 6.45) is 25.1. The number of allylic oxidation sites excluding steroid dienone is 10. The molecule has 0 bridgehead atoms. The van der Waals surface area contributed by atoms with Crippen LogP contribution in [-0.4, -0.2) is 110 Å². The van der Waals surface area contributed by atoms with Crippen LogP contribution in [0.3, 0.4) is 0 Å². The van der Waals surface area contributed by atoms with Crippen LogP contribution in [0.2, 0.25) is 0 Å². The van der Waals surface area contributed by atoms with Crippen LogP contribution < -0.4 is 0 Å². The van der Waals surface area contributed by atoms with E-state index in [-0.39, 0.29) is 18.9 Å². The molecule has 0 aliphatic heterocycles. The van der Waals surface area contributed by atoms with Crippen LogP contribution in [0.5, 0.6) is 0 Å². The molecule has 0 amide bonds. The van der Waals surface area contributed by atoms with E-state index in [0.717, 1.165) is 77.0 Å². The Kier molecular flexibility index (Phi) is 32.4. The van der Waals surface area contributed by atoms with Gasteiger partial charge in [-0.2, -0.15) is 0 Å². The third-order valence-corrected chi connectivity index (χ3v) is 11.0. The summed E-state index contributed by atoms with van der Waals surface area (Å²) in [6.45, 7) is 2.93. The summed E-state index contributed by atoms with van der Waals surface area (Å²) in [4.78, 5) is 35.6. The Hall–Kier alpha value is -2.49. The van der Waals surface area contributed by atoms with Crippen molar-refractivity contribution in [1.29, 1.82) is 0 Å². The first kappa shape index (κ1) is 55.5. The van der Waals surface area contributed by atoms with E-state index in [0.29, 0.717) is 19.3 Å². The fraction of sp³-hybridized carbons (Fsp3) is 0.733. The Morgan fingerprint density at radius 1 is 0.583 bits per heavy atom. The van der Waals surface area contributed by atoms with Gasteiger partial charge in [0.05, 0.1) is 12.7 Å². The van der Waals surface area contributed by atoms with Crippen molar-refractivity contribution in [1.82, 2.24) is 0 Å². The molecule has 0 aromatic rings. The number of aliphatic hydroxyl groups excluding tert-OH is 6. The molecule has 60 heavy (non-hydrogen) atoms. The molecule has 0 spiro atoms. The summed E-state index contributed by atoms with van der Waals surface area (Å²) in [7, 11) is -5.14. The third-order valence-electron chi connectivity index (χ3n) is 10.00. The van der Waals surface area contributed by atoms with Crippen LogP contribution >= 0.6 is 7.82 Å². The van der Waals surface area contributed by atoms with Gasteiger partial charge in [-0.1, -0.05) is 113 Å². The highest BCUT2D eigenvalue weighted by atomic mass is 31.2. The molecule has 7 unspecified atom stereocenters. The number of carbonyl (C=O) groups excluding carboxylic acids is 2. The first-order valence-corrected chi connectivity index (χ1v) is 23.7. The van der Waals surface area contributed by atoms with Crippen LogP contribution in [-0.2, 0) is 32.7 Å². The quantitative estimate of drug-likeness (QED) is 0.0145. The molecule has 346 valence electrons. The molecule has 7 atom stereocenters. The van der Waals surface area contributed by atoms with Gasteiger partial charge < -0.3 is 45.0 Å². The Bertz CT molecular complexity index is 1300. The second-order valence-electron chi connectivity index (χ2n) is 15.3. The molecule has 14 nitrogen and oxygen atoms in total. The maximum atomic E-state index is 12.8. The molecule has 0 aromatic heterocycles. The average Bonchev–Trinajstić information content (AvgIpc) is 3.23. The number of esters is 2. The predicted octanol–water partition coefficient (Wildman–Crippen LogP) is 7.14. The van der Waals surface area contributed by atoms with Crippen molar-refractivity contribution in [3.63, 3.8) is 0 Å². The molecular formula is C45H77O14P. The van der Waals surface area contributed by atoms with Gasteiger partial charge in [0.15, 0.2) is 6.10 Å². The SMILES string of the molecule is CCCCCC/C=C\CCCCCCCC(=O)OCC(COP(=O)(O)OC1C(O)C(O)C(O)C(O)C1O)OC(=O)CCC/C=C\C/C=C\C/C=C\C/C=C\CCC(O)CC. The number of hydrogen-bond donors (Lipinski definition) is 7. The van der Waals surface area contributed by atoms with Crippen LogP contribution in [0.15, 0.2) is 60.8 Å². The lowest BCUT2D eigenvalue weighted by atomic mass is 9.85. The second-order valence-corrected chi connectivity index (χ2v) is 16.7. The third kappa shape index (κ3) is 27.5. The molecule has 0 heterocycles. The topological polar surface area (TPSA) is 230 Å². The number of unbranched alkanes of at least 4 members (excludes halogenated alkanes) is 10. The largest absolute Gasteiger partial charge is 0.472 e. The van der Waals surface area contributed by atoms with Crippen molar-refractivity contribution >= 4 is 19.8 Å². The summed E-state index contributed by atoms with van der Waals surface area (Å²) in [5, 5.41) is 59.6. The lowest BCUT2D eigenvalue weighted by molar-refractivity contribution is -0.220. The maximum Gasteiger partial charge on any atom is 0.472 e. The number of carbonyl (C=O) groups is 2. The molecule has 0 radical (unpaired) electrons. The van der Waals surface area contributed by atoms with E-state index in [1.165, 1.54) is 25.7 Å². The van der Waals surface area contributed by atoms with Gasteiger partial charge >= 0.3 is 19.8 Å². The van der Waals surface area contributed by atoms with Crippen molar-refractivity contribution in [2.75, 3.05) is 13.2 Å². The minimum absolute atomic E-state index is 0.00362. The van der Waals surface area contributed by atoms with Gasteiger partial charge in [0.25, 0.3) is 0 Å². The summed E-state index contributed by atoms with van der Waals surface area (Å²) in [5.74, 6) is -1.20. The molecule has 1 aliphatic carbocycles. The second kappa shape index (κ2) is 35.0. The highest BCUT2D eigenvalue weighted by Gasteiger charge is 2.51. The molecule has 1 saturated carbocycles. The number of aliphatic hydroxyl groups is 6. The minimum atomic E-state index is -5.14. The summed E-state index contributed by atoms with van der Waals surface area (Å²) < 4.78 is 33.4. The fourth-order valence-corrected chi connectivity index (χ4v) is 7.17. The lowest BCUT2D eigenvalue weighted by Crippen LogP contribution is -2.64. The standard InChI is InChI=1S/C45H77O14P/c1-3-5-6-7-8-9-10-13-17-20-23-26-29-32-38(47)56-34-37(35-57-60(54,55)59-45-43(52)41(50)40(49)42(51)44(45)53)58-39(48)33-30-27-24-21-18-15-12-11-14-16-19-22-25-28-31-36(46)4-2/h9-10,12,14-16,21-22,24-25,36-37,40-46,49-53H,3-8,11,13,17-20,23,26-35H2,1-2H3,(H,54,55)/b10-9-,15-12-,16-14-,24-21-,25-22-. The molecule has 0 aromatic carbocycles. The van der Waals surface area contributed by atoms with Crippen molar-refractivity contribution in [3.8, 4) is 0 Å². The average molecular weight is 873 g/mol. The van der Waals surface area contributed by atoms with E-state index >= 15 is 0 Å². The Morgan fingerprint density at radius 3 is 1.63 bits per heavy atom. The molecule has 1 aliphatic rings. The molecule has 7 N–H and O–H groups in total. The van der Waals surface area contributed by atoms with Crippen LogP contribution in [0.25, 0.3) is 0 Å². The highest BCUT2D eigenvalue weighted by molar-refractivity contribution is 7.47. The Morgan fingerprint density at radius 2 is 1.05 bits per heavy atom. The summed E-state index contributed by atoms with van der Waals surface area (Å²) in [6, 6.07) is 0. The molecule has 0 saturated heterocycles. The number of ether oxygens (including phenoxy) is 2. The molecule has 1 fully saturated rings. The van der Waals surface area contributed by atoms with Gasteiger partial charge in [-0.25, -0.2) is 4.57 Å². The van der Waals surface area contributed by atoms with Crippen LogP contribution in [0.4, 0.5) is 0 Å². The number of rotatable bonds is 35. The fourth-order valence-electron chi connectivity index (χ4n) is 6.19. The zero-order valence-corrected chi connectivity index (χ0v) is 37.0. The zero-order valence-electron chi connectivity index (χ0n) is 36.1. The van der Waals surface area contributed by atoms with Crippen molar-refractivity contribution < 1.29 is 68.2 Å². The summed E-state index contributed by atoms with van der Waals surface area (Å²) in [5.41, 5.74) is 0. The van der Waals surface area contributed by atoms with E-state index in [1.54, 1.807) is 0 Å². The van der Waals surface area contributed by atoms with Gasteiger partial charge in [-0.15, -0.1) is 0 Å². The van der Waals surface area contributed by atoms with E-state index in [1.807, 2.05) is 25.2 Å². The smallest absolute Gasteiger partial charge is 0.462 e. The van der Waals surface area contributed by atoms with E-state index < -0.39 is 75.7 Å². The normalized spacial score (nSPS) is 23.3. The summed E-state index contributed by atoms with van der Waals surface area (Å²) >= 11 is 0. The highest BCUT2D eigenvalue weighted by Crippen LogP contribution is 2.47. The first-order chi connectivity index (χ1) is 28.8. The monoisotopic (exact) mass is 873 g/mol. The number of phosphoric ester groups is 1. The van der Waals surface area contributed by atoms with E-state index in [4.69, 9.17) is 18.5 Å². The van der Waals surface area contributed by atoms with E-state index in [9.17, 15) is 49.7 Å². The van der Waals surface area contributed by atoms with Gasteiger partial charge in [0.1, 0.15) is 43.2 Å². The lowest BCUT2D eigenvalue weighted by Gasteiger charge is -2.41. The minimum Gasteiger partial charge on any atom is -0.462 e. The molecule has 15 heteroatoms. The Labute approximate surface area is 358 Å². The van der Waals surface area contributed by atoms with Crippen molar-refractivity contribution in [3.05, 3.63) is 60.8 Å².